The van der Waals surface area contributed by atoms with Gasteiger partial charge in [0.05, 0.1) is 30.2 Å². The number of carbonyl (C=O) groups excluding carboxylic acids is 1. The van der Waals surface area contributed by atoms with E-state index in [0.29, 0.717) is 30.2 Å². The molecule has 1 aromatic heterocycles. The van der Waals surface area contributed by atoms with Crippen molar-refractivity contribution < 1.29 is 14.3 Å². The zero-order chi connectivity index (χ0) is 13.5. The largest absolute Gasteiger partial charge is 0.462 e. The molecule has 1 aromatic rings. The van der Waals surface area contributed by atoms with Gasteiger partial charge in [0.15, 0.2) is 0 Å². The molecule has 0 saturated carbocycles. The highest BCUT2D eigenvalue weighted by atomic mass is 16.5. The van der Waals surface area contributed by atoms with Crippen molar-refractivity contribution in [3.05, 3.63) is 17.8 Å². The predicted molar refractivity (Wildman–Crippen MR) is 69.6 cm³/mol. The van der Waals surface area contributed by atoms with Gasteiger partial charge in [0, 0.05) is 13.7 Å². The van der Waals surface area contributed by atoms with E-state index in [1.165, 1.54) is 6.20 Å². The first kappa shape index (κ1) is 14.2. The molecule has 0 aromatic carbocycles. The number of esters is 1. The molecule has 1 atom stereocenters. The number of pyridine rings is 1. The van der Waals surface area contributed by atoms with E-state index in [1.54, 1.807) is 20.1 Å². The van der Waals surface area contributed by atoms with Crippen LogP contribution in [0.3, 0.4) is 0 Å². The van der Waals surface area contributed by atoms with Crippen LogP contribution >= 0.6 is 0 Å². The second-order valence-electron chi connectivity index (χ2n) is 3.80. The number of hydrogen-bond donors (Lipinski definition) is 2. The summed E-state index contributed by atoms with van der Waals surface area (Å²) in [6.45, 7) is 4.57. The maximum Gasteiger partial charge on any atom is 0.340 e. The molecule has 0 radical (unpaired) electrons. The van der Waals surface area contributed by atoms with E-state index in [2.05, 4.69) is 10.3 Å². The van der Waals surface area contributed by atoms with Crippen molar-refractivity contribution in [2.75, 3.05) is 31.3 Å². The van der Waals surface area contributed by atoms with Gasteiger partial charge in [-0.25, -0.2) is 9.78 Å². The number of hydrogen-bond acceptors (Lipinski definition) is 6. The first-order valence-corrected chi connectivity index (χ1v) is 5.77. The van der Waals surface area contributed by atoms with Crippen LogP contribution in [0.2, 0.25) is 0 Å². The number of nitrogens with one attached hydrogen (secondary N) is 1. The van der Waals surface area contributed by atoms with Crippen LogP contribution in [0.1, 0.15) is 24.2 Å². The molecule has 1 unspecified atom stereocenters. The summed E-state index contributed by atoms with van der Waals surface area (Å²) in [5.41, 5.74) is 6.31. The van der Waals surface area contributed by atoms with Gasteiger partial charge in [0.2, 0.25) is 0 Å². The van der Waals surface area contributed by atoms with E-state index in [1.807, 2.05) is 6.92 Å². The minimum atomic E-state index is -0.444. The standard InChI is InChI=1S/C12H19N3O3/c1-4-18-12(16)9-5-11(15-7-10(9)13)14-6-8(2)17-3/h5,7-8H,4,6,13H2,1-3H3,(H,14,15). The van der Waals surface area contributed by atoms with Gasteiger partial charge in [-0.05, 0) is 19.9 Å². The summed E-state index contributed by atoms with van der Waals surface area (Å²) in [6, 6.07) is 1.58. The molecule has 0 fully saturated rings. The zero-order valence-corrected chi connectivity index (χ0v) is 10.9. The fraction of sp³-hybridized carbons (Fsp3) is 0.500. The molecule has 0 bridgehead atoms. The molecule has 6 heteroatoms. The van der Waals surface area contributed by atoms with Gasteiger partial charge in [0.25, 0.3) is 0 Å². The Kier molecular flexibility index (Phi) is 5.38. The van der Waals surface area contributed by atoms with Crippen molar-refractivity contribution in [2.45, 2.75) is 20.0 Å². The van der Waals surface area contributed by atoms with E-state index < -0.39 is 5.97 Å². The first-order valence-electron chi connectivity index (χ1n) is 5.77. The summed E-state index contributed by atoms with van der Waals surface area (Å²) in [5.74, 6) is 0.122. The van der Waals surface area contributed by atoms with Gasteiger partial charge < -0.3 is 20.5 Å². The molecule has 100 valence electrons. The molecule has 0 saturated heterocycles. The third-order valence-electron chi connectivity index (χ3n) is 2.40. The van der Waals surface area contributed by atoms with E-state index in [4.69, 9.17) is 15.2 Å². The van der Waals surface area contributed by atoms with E-state index in [9.17, 15) is 4.79 Å². The minimum absolute atomic E-state index is 0.0513. The Morgan fingerprint density at radius 2 is 2.33 bits per heavy atom. The Morgan fingerprint density at radius 1 is 1.61 bits per heavy atom. The molecule has 0 amide bonds. The monoisotopic (exact) mass is 253 g/mol. The minimum Gasteiger partial charge on any atom is -0.462 e. The molecular weight excluding hydrogens is 234 g/mol. The zero-order valence-electron chi connectivity index (χ0n) is 10.9. The highest BCUT2D eigenvalue weighted by Gasteiger charge is 2.12. The Morgan fingerprint density at radius 3 is 2.94 bits per heavy atom. The number of carbonyl (C=O) groups is 1. The average molecular weight is 253 g/mol. The molecule has 3 N–H and O–H groups in total. The van der Waals surface area contributed by atoms with Crippen LogP contribution in [-0.2, 0) is 9.47 Å². The van der Waals surface area contributed by atoms with E-state index >= 15 is 0 Å². The van der Waals surface area contributed by atoms with Crippen LogP contribution in [0, 0.1) is 0 Å². The Balaban J connectivity index is 2.77. The maximum absolute atomic E-state index is 11.6. The lowest BCUT2D eigenvalue weighted by Gasteiger charge is -2.12. The summed E-state index contributed by atoms with van der Waals surface area (Å²) < 4.78 is 10.0. The molecule has 1 heterocycles. The lowest BCUT2D eigenvalue weighted by Crippen LogP contribution is -2.19. The maximum atomic E-state index is 11.6. The fourth-order valence-electron chi connectivity index (χ4n) is 1.28. The second-order valence-corrected chi connectivity index (χ2v) is 3.80. The van der Waals surface area contributed by atoms with Crippen molar-refractivity contribution in [2.24, 2.45) is 0 Å². The number of aromatic nitrogens is 1. The number of nitrogen functional groups attached to an aromatic ring is 1. The number of ether oxygens (including phenoxy) is 2. The summed E-state index contributed by atoms with van der Waals surface area (Å²) in [6.07, 6.45) is 1.49. The van der Waals surface area contributed by atoms with Crippen LogP contribution in [0.25, 0.3) is 0 Å². The molecule has 0 aliphatic rings. The Labute approximate surface area is 106 Å². The molecule has 0 spiro atoms. The van der Waals surface area contributed by atoms with E-state index in [0.717, 1.165) is 0 Å². The van der Waals surface area contributed by atoms with Crippen molar-refractivity contribution in [1.29, 1.82) is 0 Å². The lowest BCUT2D eigenvalue weighted by atomic mass is 10.2. The number of methoxy groups -OCH3 is 1. The van der Waals surface area contributed by atoms with Crippen LogP contribution < -0.4 is 11.1 Å². The fourth-order valence-corrected chi connectivity index (χ4v) is 1.28. The quantitative estimate of drug-likeness (QED) is 0.743. The van der Waals surface area contributed by atoms with Gasteiger partial charge >= 0.3 is 5.97 Å². The molecule has 18 heavy (non-hydrogen) atoms. The van der Waals surface area contributed by atoms with Gasteiger partial charge in [-0.15, -0.1) is 0 Å². The van der Waals surface area contributed by atoms with Gasteiger partial charge in [-0.2, -0.15) is 0 Å². The Bertz CT molecular complexity index is 410. The SMILES string of the molecule is CCOC(=O)c1cc(NCC(C)OC)ncc1N. The van der Waals surface area contributed by atoms with Gasteiger partial charge in [-0.1, -0.05) is 0 Å². The first-order chi connectivity index (χ1) is 8.58. The van der Waals surface area contributed by atoms with Crippen molar-refractivity contribution in [1.82, 2.24) is 4.98 Å². The summed E-state index contributed by atoms with van der Waals surface area (Å²) >= 11 is 0. The molecule has 1 rings (SSSR count). The summed E-state index contributed by atoms with van der Waals surface area (Å²) in [4.78, 5) is 15.7. The summed E-state index contributed by atoms with van der Waals surface area (Å²) in [7, 11) is 1.63. The smallest absolute Gasteiger partial charge is 0.340 e. The van der Waals surface area contributed by atoms with Crippen LogP contribution in [0.4, 0.5) is 11.5 Å². The van der Waals surface area contributed by atoms with Crippen molar-refractivity contribution in [3.63, 3.8) is 0 Å². The lowest BCUT2D eigenvalue weighted by molar-refractivity contribution is 0.0527. The molecular formula is C12H19N3O3. The van der Waals surface area contributed by atoms with Gasteiger partial charge in [0.1, 0.15) is 5.82 Å². The third kappa shape index (κ3) is 3.89. The van der Waals surface area contributed by atoms with Gasteiger partial charge in [-0.3, -0.25) is 0 Å². The van der Waals surface area contributed by atoms with Crippen molar-refractivity contribution >= 4 is 17.5 Å². The van der Waals surface area contributed by atoms with Crippen molar-refractivity contribution in [3.8, 4) is 0 Å². The highest BCUT2D eigenvalue weighted by molar-refractivity contribution is 5.95. The number of rotatable bonds is 6. The molecule has 0 aliphatic heterocycles. The van der Waals surface area contributed by atoms with Crippen LogP contribution in [-0.4, -0.2) is 37.3 Å². The van der Waals surface area contributed by atoms with Crippen LogP contribution in [0.5, 0.6) is 0 Å². The number of nitrogens with two attached hydrogens (primary N) is 1. The Hall–Kier alpha value is -1.82. The predicted octanol–water partition coefficient (Wildman–Crippen LogP) is 1.29. The molecule has 6 nitrogen and oxygen atoms in total. The number of nitrogens with zero attached hydrogens (tertiary/aromatic N) is 1. The summed E-state index contributed by atoms with van der Waals surface area (Å²) in [5, 5.41) is 3.06. The van der Waals surface area contributed by atoms with E-state index in [-0.39, 0.29) is 6.10 Å². The highest BCUT2D eigenvalue weighted by Crippen LogP contribution is 2.16. The van der Waals surface area contributed by atoms with Crippen LogP contribution in [0.15, 0.2) is 12.3 Å². The second kappa shape index (κ2) is 6.80. The topological polar surface area (TPSA) is 86.5 Å². The third-order valence-corrected chi connectivity index (χ3v) is 2.40. The number of anilines is 2. The average Bonchev–Trinajstić information content (AvgIpc) is 2.37. The normalized spacial score (nSPS) is 11.9. The molecule has 0 aliphatic carbocycles.